The van der Waals surface area contributed by atoms with Crippen molar-refractivity contribution in [1.29, 1.82) is 0 Å². The van der Waals surface area contributed by atoms with Crippen molar-refractivity contribution in [3.8, 4) is 0 Å². The van der Waals surface area contributed by atoms with Gasteiger partial charge < -0.3 is 16.0 Å². The molecule has 4 nitrogen and oxygen atoms in total. The molecule has 1 fully saturated rings. The normalized spacial score (nSPS) is 14.5. The Morgan fingerprint density at radius 2 is 2.11 bits per heavy atom. The molecule has 0 aromatic heterocycles. The summed E-state index contributed by atoms with van der Waals surface area (Å²) in [5.41, 5.74) is 6.97. The first-order chi connectivity index (χ1) is 9.08. The second-order valence-corrected chi connectivity index (χ2v) is 5.35. The van der Waals surface area contributed by atoms with Crippen LogP contribution in [0.1, 0.15) is 18.4 Å². The lowest BCUT2D eigenvalue weighted by atomic mass is 10.2. The number of likely N-dealkylation sites (tertiary alicyclic amines) is 1. The number of anilines is 1. The van der Waals surface area contributed by atoms with Crippen molar-refractivity contribution in [2.75, 3.05) is 25.0 Å². The molecule has 0 saturated carbocycles. The lowest BCUT2D eigenvalue weighted by Crippen LogP contribution is -2.32. The molecular weight excluding hydrogens is 282 g/mol. The van der Waals surface area contributed by atoms with Crippen molar-refractivity contribution < 1.29 is 4.79 Å². The number of benzene rings is 1. The zero-order valence-corrected chi connectivity index (χ0v) is 12.1. The van der Waals surface area contributed by atoms with E-state index in [1.165, 1.54) is 0 Å². The molecule has 0 bridgehead atoms. The number of hydrogen-bond donors (Lipinski definition) is 2. The first-order valence-electron chi connectivity index (χ1n) is 6.19. The van der Waals surface area contributed by atoms with Gasteiger partial charge in [-0.1, -0.05) is 23.8 Å². The maximum atomic E-state index is 11.9. The van der Waals surface area contributed by atoms with E-state index in [1.54, 1.807) is 12.1 Å². The van der Waals surface area contributed by atoms with E-state index in [2.05, 4.69) is 5.32 Å². The zero-order valence-electron chi connectivity index (χ0n) is 10.5. The van der Waals surface area contributed by atoms with E-state index in [-0.39, 0.29) is 17.4 Å². The minimum Gasteiger partial charge on any atom is -0.389 e. The molecule has 0 atom stereocenters. The van der Waals surface area contributed by atoms with Crippen LogP contribution in [0, 0.1) is 0 Å². The highest BCUT2D eigenvalue weighted by atomic mass is 35.5. The third-order valence-electron chi connectivity index (χ3n) is 3.14. The van der Waals surface area contributed by atoms with Crippen LogP contribution >= 0.6 is 23.8 Å². The van der Waals surface area contributed by atoms with Gasteiger partial charge in [-0.15, -0.1) is 0 Å². The van der Waals surface area contributed by atoms with Crippen LogP contribution in [0.25, 0.3) is 0 Å². The van der Waals surface area contributed by atoms with Gasteiger partial charge in [0.05, 0.1) is 11.6 Å². The van der Waals surface area contributed by atoms with Crippen molar-refractivity contribution in [2.45, 2.75) is 12.8 Å². The first kappa shape index (κ1) is 14.1. The number of halogens is 1. The molecule has 6 heteroatoms. The van der Waals surface area contributed by atoms with E-state index in [0.717, 1.165) is 31.6 Å². The van der Waals surface area contributed by atoms with Crippen LogP contribution in [0.5, 0.6) is 0 Å². The summed E-state index contributed by atoms with van der Waals surface area (Å²) in [4.78, 5) is 14.0. The maximum Gasteiger partial charge on any atom is 0.241 e. The van der Waals surface area contributed by atoms with Gasteiger partial charge in [-0.25, -0.2) is 0 Å². The van der Waals surface area contributed by atoms with Gasteiger partial charge in [0, 0.05) is 24.3 Å². The molecule has 1 amide bonds. The second-order valence-electron chi connectivity index (χ2n) is 4.50. The van der Waals surface area contributed by atoms with Gasteiger partial charge in [-0.05, 0) is 31.0 Å². The molecule has 1 aromatic rings. The number of nitrogens with zero attached hydrogens (tertiary/aromatic N) is 1. The molecule has 1 heterocycles. The van der Waals surface area contributed by atoms with Crippen molar-refractivity contribution in [1.82, 2.24) is 4.90 Å². The molecule has 1 aromatic carbocycles. The molecule has 19 heavy (non-hydrogen) atoms. The molecule has 0 radical (unpaired) electrons. The van der Waals surface area contributed by atoms with Crippen molar-refractivity contribution in [3.63, 3.8) is 0 Å². The number of rotatable bonds is 4. The summed E-state index contributed by atoms with van der Waals surface area (Å²) < 4.78 is 0. The van der Waals surface area contributed by atoms with Crippen molar-refractivity contribution >= 4 is 40.4 Å². The summed E-state index contributed by atoms with van der Waals surface area (Å²) in [6.45, 7) is 2.01. The maximum absolute atomic E-state index is 11.9. The number of nitrogens with two attached hydrogens (primary N) is 1. The predicted molar refractivity (Wildman–Crippen MR) is 81.6 cm³/mol. The summed E-state index contributed by atoms with van der Waals surface area (Å²) in [6.07, 6.45) is 2.19. The Hall–Kier alpha value is -1.33. The smallest absolute Gasteiger partial charge is 0.241 e. The summed E-state index contributed by atoms with van der Waals surface area (Å²) in [5.74, 6) is 0.118. The lowest BCUT2D eigenvalue weighted by Gasteiger charge is -2.16. The summed E-state index contributed by atoms with van der Waals surface area (Å²) in [5, 5.41) is 3.56. The third kappa shape index (κ3) is 3.58. The predicted octanol–water partition coefficient (Wildman–Crippen LogP) is 2.01. The van der Waals surface area contributed by atoms with Crippen LogP contribution in [0.2, 0.25) is 5.02 Å². The molecule has 3 N–H and O–H groups in total. The van der Waals surface area contributed by atoms with E-state index < -0.39 is 0 Å². The Kier molecular flexibility index (Phi) is 4.61. The fraction of sp³-hybridized carbons (Fsp3) is 0.385. The van der Waals surface area contributed by atoms with Gasteiger partial charge >= 0.3 is 0 Å². The minimum atomic E-state index is 0.118. The molecule has 2 rings (SSSR count). The van der Waals surface area contributed by atoms with Gasteiger partial charge in [0.2, 0.25) is 5.91 Å². The van der Waals surface area contributed by atoms with Crippen LogP contribution in [0.4, 0.5) is 5.69 Å². The fourth-order valence-corrected chi connectivity index (χ4v) is 2.60. The van der Waals surface area contributed by atoms with E-state index in [9.17, 15) is 4.79 Å². The highest BCUT2D eigenvalue weighted by Crippen LogP contribution is 2.21. The van der Waals surface area contributed by atoms with E-state index in [1.807, 2.05) is 11.0 Å². The number of thiocarbonyl (C=S) groups is 1. The van der Waals surface area contributed by atoms with Crippen molar-refractivity contribution in [2.24, 2.45) is 5.73 Å². The molecular formula is C13H16ClN3OS. The number of carbonyl (C=O) groups excluding carboxylic acids is 1. The number of amides is 1. The number of hydrogen-bond acceptors (Lipinski definition) is 3. The van der Waals surface area contributed by atoms with Gasteiger partial charge in [0.25, 0.3) is 0 Å². The molecule has 1 saturated heterocycles. The summed E-state index contributed by atoms with van der Waals surface area (Å²) in [7, 11) is 0. The standard InChI is InChI=1S/C13H16ClN3OS/c14-11-7-9(3-4-10(11)13(15)19)16-8-12(18)17-5-1-2-6-17/h3-4,7,16H,1-2,5-6,8H2,(H2,15,19). The Morgan fingerprint density at radius 3 is 2.68 bits per heavy atom. The van der Waals surface area contributed by atoms with Crippen LogP contribution < -0.4 is 11.1 Å². The SMILES string of the molecule is NC(=S)c1ccc(NCC(=O)N2CCCC2)cc1Cl. The Labute approximate surface area is 122 Å². The van der Waals surface area contributed by atoms with Gasteiger partial charge in [-0.2, -0.15) is 0 Å². The molecule has 1 aliphatic rings. The summed E-state index contributed by atoms with van der Waals surface area (Å²) >= 11 is 10.9. The van der Waals surface area contributed by atoms with Gasteiger partial charge in [0.15, 0.2) is 0 Å². The Morgan fingerprint density at radius 1 is 1.42 bits per heavy atom. The van der Waals surface area contributed by atoms with E-state index >= 15 is 0 Å². The lowest BCUT2D eigenvalue weighted by molar-refractivity contribution is -0.128. The molecule has 0 spiro atoms. The average Bonchev–Trinajstić information content (AvgIpc) is 2.89. The Balaban J connectivity index is 1.94. The van der Waals surface area contributed by atoms with E-state index in [0.29, 0.717) is 10.6 Å². The zero-order chi connectivity index (χ0) is 13.8. The fourth-order valence-electron chi connectivity index (χ4n) is 2.08. The minimum absolute atomic E-state index is 0.118. The number of carbonyl (C=O) groups is 1. The summed E-state index contributed by atoms with van der Waals surface area (Å²) in [6, 6.07) is 5.30. The van der Waals surface area contributed by atoms with Crippen LogP contribution in [-0.2, 0) is 4.79 Å². The van der Waals surface area contributed by atoms with Crippen LogP contribution in [-0.4, -0.2) is 35.4 Å². The highest BCUT2D eigenvalue weighted by molar-refractivity contribution is 7.80. The average molecular weight is 298 g/mol. The van der Waals surface area contributed by atoms with Crippen LogP contribution in [0.3, 0.4) is 0 Å². The van der Waals surface area contributed by atoms with E-state index in [4.69, 9.17) is 29.6 Å². The monoisotopic (exact) mass is 297 g/mol. The number of nitrogens with one attached hydrogen (secondary N) is 1. The largest absolute Gasteiger partial charge is 0.389 e. The van der Waals surface area contributed by atoms with Gasteiger partial charge in [-0.3, -0.25) is 4.79 Å². The first-order valence-corrected chi connectivity index (χ1v) is 6.97. The second kappa shape index (κ2) is 6.21. The van der Waals surface area contributed by atoms with Gasteiger partial charge in [0.1, 0.15) is 4.99 Å². The molecule has 1 aliphatic heterocycles. The third-order valence-corrected chi connectivity index (χ3v) is 3.67. The molecule has 102 valence electrons. The van der Waals surface area contributed by atoms with Crippen molar-refractivity contribution in [3.05, 3.63) is 28.8 Å². The highest BCUT2D eigenvalue weighted by Gasteiger charge is 2.17. The quantitative estimate of drug-likeness (QED) is 0.835. The van der Waals surface area contributed by atoms with Crippen LogP contribution in [0.15, 0.2) is 18.2 Å². The molecule has 0 unspecified atom stereocenters. The molecule has 0 aliphatic carbocycles. The topological polar surface area (TPSA) is 58.4 Å². The Bertz CT molecular complexity index is 501.